The van der Waals surface area contributed by atoms with E-state index < -0.39 is 18.1 Å². The zero-order chi connectivity index (χ0) is 25.0. The number of rotatable bonds is 14. The van der Waals surface area contributed by atoms with Crippen LogP contribution in [0.5, 0.6) is 11.5 Å². The number of nitrogens with two attached hydrogens (primary N) is 1. The highest BCUT2D eigenvalue weighted by Crippen LogP contribution is 2.19. The SMILES string of the molecule is C[C@H](Cc1ccc(OCC(N)=O)cc1)N(C[C@H](O)COc1ccccc1)C[C@H](O)c1ccccc1. The molecule has 0 aliphatic rings. The molecule has 0 radical (unpaired) electrons. The number of hydrogen-bond donors (Lipinski definition) is 3. The first-order chi connectivity index (χ1) is 16.9. The second-order valence-electron chi connectivity index (χ2n) is 8.61. The van der Waals surface area contributed by atoms with Crippen LogP contribution in [0, 0.1) is 0 Å². The molecule has 0 unspecified atom stereocenters. The highest BCUT2D eigenvalue weighted by molar-refractivity contribution is 5.75. The quantitative estimate of drug-likeness (QED) is 0.329. The van der Waals surface area contributed by atoms with Crippen LogP contribution in [0.3, 0.4) is 0 Å². The Morgan fingerprint density at radius 3 is 2.09 bits per heavy atom. The molecule has 3 atom stereocenters. The zero-order valence-corrected chi connectivity index (χ0v) is 20.0. The molecule has 7 nitrogen and oxygen atoms in total. The summed E-state index contributed by atoms with van der Waals surface area (Å²) in [6, 6.07) is 26.4. The van der Waals surface area contributed by atoms with Crippen molar-refractivity contribution >= 4 is 5.91 Å². The number of ether oxygens (including phenoxy) is 2. The molecule has 3 aromatic rings. The molecule has 35 heavy (non-hydrogen) atoms. The number of para-hydroxylation sites is 1. The van der Waals surface area contributed by atoms with Crippen LogP contribution in [0.4, 0.5) is 0 Å². The second kappa shape index (κ2) is 13.5. The number of primary amides is 1. The Bertz CT molecular complexity index is 1010. The molecule has 0 aliphatic heterocycles. The lowest BCUT2D eigenvalue weighted by molar-refractivity contribution is -0.119. The lowest BCUT2D eigenvalue weighted by Crippen LogP contribution is -2.44. The third kappa shape index (κ3) is 9.05. The van der Waals surface area contributed by atoms with Gasteiger partial charge in [-0.25, -0.2) is 0 Å². The van der Waals surface area contributed by atoms with E-state index in [-0.39, 0.29) is 19.3 Å². The van der Waals surface area contributed by atoms with Gasteiger partial charge in [-0.3, -0.25) is 9.69 Å². The van der Waals surface area contributed by atoms with E-state index in [0.29, 0.717) is 31.0 Å². The number of nitrogens with zero attached hydrogens (tertiary/aromatic N) is 1. The summed E-state index contributed by atoms with van der Waals surface area (Å²) in [5.41, 5.74) is 7.02. The summed E-state index contributed by atoms with van der Waals surface area (Å²) in [5.74, 6) is 0.754. The number of amides is 1. The summed E-state index contributed by atoms with van der Waals surface area (Å²) in [6.07, 6.45) is -0.722. The van der Waals surface area contributed by atoms with Gasteiger partial charge in [0.05, 0.1) is 6.10 Å². The minimum atomic E-state index is -0.731. The second-order valence-corrected chi connectivity index (χ2v) is 8.61. The lowest BCUT2D eigenvalue weighted by atomic mass is 10.0. The predicted octanol–water partition coefficient (Wildman–Crippen LogP) is 2.96. The van der Waals surface area contributed by atoms with Crippen molar-refractivity contribution in [3.05, 3.63) is 96.1 Å². The Hall–Kier alpha value is -3.39. The van der Waals surface area contributed by atoms with Crippen LogP contribution in [0.25, 0.3) is 0 Å². The molecular formula is C28H34N2O5. The van der Waals surface area contributed by atoms with Crippen LogP contribution >= 0.6 is 0 Å². The van der Waals surface area contributed by atoms with Crippen molar-refractivity contribution in [1.82, 2.24) is 4.90 Å². The minimum absolute atomic E-state index is 0.0251. The molecule has 3 rings (SSSR count). The highest BCUT2D eigenvalue weighted by atomic mass is 16.5. The Morgan fingerprint density at radius 1 is 0.857 bits per heavy atom. The molecule has 0 aromatic heterocycles. The maximum atomic E-state index is 10.9. The number of aliphatic hydroxyl groups excluding tert-OH is 2. The van der Waals surface area contributed by atoms with E-state index in [1.807, 2.05) is 72.8 Å². The molecular weight excluding hydrogens is 444 g/mol. The number of carbonyl (C=O) groups is 1. The Labute approximate surface area is 206 Å². The van der Waals surface area contributed by atoms with Crippen molar-refractivity contribution in [2.24, 2.45) is 5.73 Å². The molecule has 0 aliphatic carbocycles. The molecule has 186 valence electrons. The number of carbonyl (C=O) groups excluding carboxylic acids is 1. The fourth-order valence-electron chi connectivity index (χ4n) is 3.82. The summed E-state index contributed by atoms with van der Waals surface area (Å²) in [7, 11) is 0. The molecule has 0 saturated heterocycles. The van der Waals surface area contributed by atoms with Crippen LogP contribution < -0.4 is 15.2 Å². The fourth-order valence-corrected chi connectivity index (χ4v) is 3.82. The van der Waals surface area contributed by atoms with Crippen LogP contribution in [-0.4, -0.2) is 59.5 Å². The van der Waals surface area contributed by atoms with Gasteiger partial charge in [-0.05, 0) is 48.7 Å². The number of hydrogen-bond acceptors (Lipinski definition) is 6. The summed E-state index contributed by atoms with van der Waals surface area (Å²) in [6.45, 7) is 2.77. The van der Waals surface area contributed by atoms with Gasteiger partial charge in [0.2, 0.25) is 0 Å². The lowest BCUT2D eigenvalue weighted by Gasteiger charge is -2.33. The first-order valence-corrected chi connectivity index (χ1v) is 11.7. The van der Waals surface area contributed by atoms with Crippen molar-refractivity contribution in [1.29, 1.82) is 0 Å². The monoisotopic (exact) mass is 478 g/mol. The maximum absolute atomic E-state index is 10.9. The van der Waals surface area contributed by atoms with Gasteiger partial charge in [0.15, 0.2) is 6.61 Å². The molecule has 0 bridgehead atoms. The first kappa shape index (κ1) is 26.2. The molecule has 1 amide bonds. The summed E-state index contributed by atoms with van der Waals surface area (Å²) in [5, 5.41) is 21.6. The van der Waals surface area contributed by atoms with Gasteiger partial charge >= 0.3 is 0 Å². The molecule has 0 fully saturated rings. The van der Waals surface area contributed by atoms with Crippen molar-refractivity contribution in [3.63, 3.8) is 0 Å². The Balaban J connectivity index is 1.64. The maximum Gasteiger partial charge on any atom is 0.255 e. The van der Waals surface area contributed by atoms with Crippen LogP contribution in [-0.2, 0) is 11.2 Å². The van der Waals surface area contributed by atoms with E-state index in [1.165, 1.54) is 0 Å². The van der Waals surface area contributed by atoms with Crippen LogP contribution in [0.1, 0.15) is 24.2 Å². The van der Waals surface area contributed by atoms with E-state index in [0.717, 1.165) is 11.1 Å². The normalized spacial score (nSPS) is 13.7. The summed E-state index contributed by atoms with van der Waals surface area (Å²) >= 11 is 0. The third-order valence-electron chi connectivity index (χ3n) is 5.68. The van der Waals surface area contributed by atoms with Gasteiger partial charge in [-0.1, -0.05) is 60.7 Å². The molecule has 0 spiro atoms. The molecule has 3 aromatic carbocycles. The van der Waals surface area contributed by atoms with E-state index in [2.05, 4.69) is 11.8 Å². The van der Waals surface area contributed by atoms with Gasteiger partial charge < -0.3 is 25.4 Å². The molecule has 0 heterocycles. The molecule has 4 N–H and O–H groups in total. The van der Waals surface area contributed by atoms with Gasteiger partial charge in [0, 0.05) is 19.1 Å². The smallest absolute Gasteiger partial charge is 0.255 e. The minimum Gasteiger partial charge on any atom is -0.491 e. The van der Waals surface area contributed by atoms with Crippen LogP contribution in [0.15, 0.2) is 84.9 Å². The number of benzene rings is 3. The average molecular weight is 479 g/mol. The topological polar surface area (TPSA) is 105 Å². The zero-order valence-electron chi connectivity index (χ0n) is 20.0. The first-order valence-electron chi connectivity index (χ1n) is 11.7. The summed E-state index contributed by atoms with van der Waals surface area (Å²) < 4.78 is 11.1. The Kier molecular flexibility index (Phi) is 10.1. The summed E-state index contributed by atoms with van der Waals surface area (Å²) in [4.78, 5) is 13.0. The van der Waals surface area contributed by atoms with Crippen LogP contribution in [0.2, 0.25) is 0 Å². The fraction of sp³-hybridized carbons (Fsp3) is 0.321. The third-order valence-corrected chi connectivity index (χ3v) is 5.68. The van der Waals surface area contributed by atoms with Gasteiger partial charge in [0.25, 0.3) is 5.91 Å². The van der Waals surface area contributed by atoms with Crippen molar-refractivity contribution in [3.8, 4) is 11.5 Å². The van der Waals surface area contributed by atoms with Gasteiger partial charge in [-0.2, -0.15) is 0 Å². The van der Waals surface area contributed by atoms with Crippen molar-refractivity contribution in [2.45, 2.75) is 31.6 Å². The van der Waals surface area contributed by atoms with Crippen molar-refractivity contribution < 1.29 is 24.5 Å². The average Bonchev–Trinajstić information content (AvgIpc) is 2.87. The largest absolute Gasteiger partial charge is 0.491 e. The van der Waals surface area contributed by atoms with E-state index in [1.54, 1.807) is 12.1 Å². The van der Waals surface area contributed by atoms with Gasteiger partial charge in [-0.15, -0.1) is 0 Å². The highest BCUT2D eigenvalue weighted by Gasteiger charge is 2.22. The molecule has 0 saturated carbocycles. The number of aliphatic hydroxyl groups is 2. The van der Waals surface area contributed by atoms with Gasteiger partial charge in [0.1, 0.15) is 24.2 Å². The Morgan fingerprint density at radius 2 is 1.46 bits per heavy atom. The standard InChI is InChI=1S/C28H34N2O5/c1-21(16-22-12-14-26(15-13-22)35-20-28(29)33)30(18-27(32)23-8-4-2-5-9-23)17-24(31)19-34-25-10-6-3-7-11-25/h2-15,21,24,27,31-32H,16-20H2,1H3,(H2,29,33)/t21-,24+,27+/m1/s1. The molecule has 7 heteroatoms. The van der Waals surface area contributed by atoms with E-state index in [4.69, 9.17) is 15.2 Å². The van der Waals surface area contributed by atoms with Crippen molar-refractivity contribution in [2.75, 3.05) is 26.3 Å². The van der Waals surface area contributed by atoms with E-state index >= 15 is 0 Å². The predicted molar refractivity (Wildman–Crippen MR) is 135 cm³/mol. The van der Waals surface area contributed by atoms with E-state index in [9.17, 15) is 15.0 Å².